The zero-order chi connectivity index (χ0) is 21.4. The molecule has 1 aromatic carbocycles. The molecule has 166 valence electrons. The van der Waals surface area contributed by atoms with Gasteiger partial charge in [0.2, 0.25) is 11.8 Å². The van der Waals surface area contributed by atoms with Crippen molar-refractivity contribution in [3.63, 3.8) is 0 Å². The van der Waals surface area contributed by atoms with Crippen molar-refractivity contribution in [3.05, 3.63) is 29.8 Å². The monoisotopic (exact) mass is 415 g/mol. The summed E-state index contributed by atoms with van der Waals surface area (Å²) in [4.78, 5) is 29.7. The van der Waals surface area contributed by atoms with Gasteiger partial charge in [0.25, 0.3) is 0 Å². The highest BCUT2D eigenvalue weighted by Gasteiger charge is 2.41. The number of ether oxygens (including phenoxy) is 1. The van der Waals surface area contributed by atoms with Gasteiger partial charge in [0.15, 0.2) is 0 Å². The van der Waals surface area contributed by atoms with E-state index < -0.39 is 0 Å². The van der Waals surface area contributed by atoms with Crippen molar-refractivity contribution < 1.29 is 14.3 Å². The zero-order valence-electron chi connectivity index (χ0n) is 18.6. The predicted molar refractivity (Wildman–Crippen MR) is 119 cm³/mol. The molecule has 0 bridgehead atoms. The molecule has 0 aliphatic carbocycles. The largest absolute Gasteiger partial charge is 0.491 e. The number of nitrogens with one attached hydrogen (secondary N) is 1. The van der Waals surface area contributed by atoms with E-state index in [-0.39, 0.29) is 17.2 Å². The van der Waals surface area contributed by atoms with Crippen molar-refractivity contribution in [2.45, 2.75) is 52.4 Å². The Bertz CT molecular complexity index is 709. The molecule has 0 unspecified atom stereocenters. The van der Waals surface area contributed by atoms with Crippen molar-refractivity contribution in [1.29, 1.82) is 0 Å². The van der Waals surface area contributed by atoms with Gasteiger partial charge < -0.3 is 15.0 Å². The quantitative estimate of drug-likeness (QED) is 0.821. The van der Waals surface area contributed by atoms with E-state index in [1.165, 1.54) is 5.56 Å². The third kappa shape index (κ3) is 5.54. The molecule has 0 aromatic heterocycles. The number of rotatable bonds is 4. The smallest absolute Gasteiger partial charge is 0.236 e. The maximum Gasteiger partial charge on any atom is 0.236 e. The second kappa shape index (κ2) is 10.8. The molecule has 1 N–H and O–H groups in total. The molecule has 6 nitrogen and oxygen atoms in total. The van der Waals surface area contributed by atoms with Crippen LogP contribution < -0.4 is 10.1 Å². The van der Waals surface area contributed by atoms with Crippen molar-refractivity contribution in [2.24, 2.45) is 5.41 Å². The zero-order valence-corrected chi connectivity index (χ0v) is 18.6. The molecule has 0 radical (unpaired) electrons. The number of carbonyl (C=O) groups excluding carboxylic acids is 2. The lowest BCUT2D eigenvalue weighted by molar-refractivity contribution is -0.136. The SMILES string of the molecule is CCN(CC)C(=O)CN1CCC2(CCCCc3ccccc3OCCNC2=O)CC1. The minimum atomic E-state index is -0.312. The first-order valence-electron chi connectivity index (χ1n) is 11.6. The van der Waals surface area contributed by atoms with E-state index in [4.69, 9.17) is 4.74 Å². The number of amides is 2. The summed E-state index contributed by atoms with van der Waals surface area (Å²) in [6.07, 6.45) is 5.63. The molecule has 2 aliphatic rings. The van der Waals surface area contributed by atoms with Crippen molar-refractivity contribution >= 4 is 11.8 Å². The number of likely N-dealkylation sites (N-methyl/N-ethyl adjacent to an activating group) is 1. The van der Waals surface area contributed by atoms with E-state index in [9.17, 15) is 9.59 Å². The molecule has 0 atom stereocenters. The molecule has 2 amide bonds. The first-order chi connectivity index (χ1) is 14.6. The van der Waals surface area contributed by atoms with Crippen LogP contribution in [0.25, 0.3) is 0 Å². The van der Waals surface area contributed by atoms with E-state index >= 15 is 0 Å². The molecular formula is C24H37N3O3. The van der Waals surface area contributed by atoms with Crippen LogP contribution in [0.3, 0.4) is 0 Å². The van der Waals surface area contributed by atoms with Crippen molar-refractivity contribution in [3.8, 4) is 5.75 Å². The van der Waals surface area contributed by atoms with Crippen LogP contribution in [0.15, 0.2) is 24.3 Å². The average Bonchev–Trinajstić information content (AvgIpc) is 2.76. The van der Waals surface area contributed by atoms with Crippen molar-refractivity contribution in [2.75, 3.05) is 45.9 Å². The molecule has 30 heavy (non-hydrogen) atoms. The van der Waals surface area contributed by atoms with Gasteiger partial charge in [-0.2, -0.15) is 0 Å². The van der Waals surface area contributed by atoms with Gasteiger partial charge in [-0.25, -0.2) is 0 Å². The molecule has 1 aromatic rings. The minimum absolute atomic E-state index is 0.162. The van der Waals surface area contributed by atoms with E-state index in [0.29, 0.717) is 19.7 Å². The van der Waals surface area contributed by atoms with Gasteiger partial charge in [-0.1, -0.05) is 24.6 Å². The number of carbonyl (C=O) groups is 2. The van der Waals surface area contributed by atoms with Gasteiger partial charge in [0.1, 0.15) is 12.4 Å². The van der Waals surface area contributed by atoms with Gasteiger partial charge in [-0.3, -0.25) is 14.5 Å². The lowest BCUT2D eigenvalue weighted by atomic mass is 9.73. The van der Waals surface area contributed by atoms with Crippen LogP contribution >= 0.6 is 0 Å². The number of likely N-dealkylation sites (tertiary alicyclic amines) is 1. The fraction of sp³-hybridized carbons (Fsp3) is 0.667. The lowest BCUT2D eigenvalue weighted by Crippen LogP contribution is -2.51. The summed E-state index contributed by atoms with van der Waals surface area (Å²) in [7, 11) is 0. The van der Waals surface area contributed by atoms with Crippen LogP contribution in [-0.4, -0.2) is 67.5 Å². The lowest BCUT2D eigenvalue weighted by Gasteiger charge is -2.41. The number of hydrogen-bond donors (Lipinski definition) is 1. The number of hydrogen-bond acceptors (Lipinski definition) is 4. The van der Waals surface area contributed by atoms with Gasteiger partial charge >= 0.3 is 0 Å². The molecule has 1 fully saturated rings. The van der Waals surface area contributed by atoms with Gasteiger partial charge in [-0.15, -0.1) is 0 Å². The summed E-state index contributed by atoms with van der Waals surface area (Å²) in [6, 6.07) is 8.21. The summed E-state index contributed by atoms with van der Waals surface area (Å²) < 4.78 is 5.92. The second-order valence-electron chi connectivity index (χ2n) is 8.54. The summed E-state index contributed by atoms with van der Waals surface area (Å²) in [5.41, 5.74) is 0.941. The molecule has 6 heteroatoms. The van der Waals surface area contributed by atoms with Crippen LogP contribution in [-0.2, 0) is 16.0 Å². The number of para-hydroxylation sites is 1. The average molecular weight is 416 g/mol. The summed E-state index contributed by atoms with van der Waals surface area (Å²) in [6.45, 7) is 8.63. The fourth-order valence-corrected chi connectivity index (χ4v) is 4.74. The molecule has 2 aliphatic heterocycles. The summed E-state index contributed by atoms with van der Waals surface area (Å²) in [5.74, 6) is 1.29. The number of fused-ring (bicyclic) bond motifs is 1. The van der Waals surface area contributed by atoms with Crippen LogP contribution in [0.5, 0.6) is 5.75 Å². The Kier molecular flexibility index (Phi) is 8.14. The highest BCUT2D eigenvalue weighted by molar-refractivity contribution is 5.83. The highest BCUT2D eigenvalue weighted by atomic mass is 16.5. The van der Waals surface area contributed by atoms with Gasteiger partial charge in [0, 0.05) is 13.1 Å². The Morgan fingerprint density at radius 3 is 2.60 bits per heavy atom. The first-order valence-corrected chi connectivity index (χ1v) is 11.6. The van der Waals surface area contributed by atoms with Crippen LogP contribution in [0.2, 0.25) is 0 Å². The Labute approximate surface area is 180 Å². The predicted octanol–water partition coefficient (Wildman–Crippen LogP) is 2.86. The Morgan fingerprint density at radius 2 is 1.87 bits per heavy atom. The summed E-state index contributed by atoms with van der Waals surface area (Å²) >= 11 is 0. The molecule has 0 saturated carbocycles. The van der Waals surface area contributed by atoms with E-state index in [1.807, 2.05) is 30.9 Å². The third-order valence-corrected chi connectivity index (χ3v) is 6.74. The van der Waals surface area contributed by atoms with E-state index in [1.54, 1.807) is 0 Å². The van der Waals surface area contributed by atoms with Crippen LogP contribution in [0.4, 0.5) is 0 Å². The Balaban J connectivity index is 1.60. The highest BCUT2D eigenvalue weighted by Crippen LogP contribution is 2.37. The molecule has 1 spiro atoms. The molecule has 3 rings (SSSR count). The Morgan fingerprint density at radius 1 is 1.13 bits per heavy atom. The minimum Gasteiger partial charge on any atom is -0.491 e. The number of aryl methyl sites for hydroxylation is 1. The third-order valence-electron chi connectivity index (χ3n) is 6.74. The number of benzene rings is 1. The second-order valence-corrected chi connectivity index (χ2v) is 8.54. The number of piperidine rings is 1. The first kappa shape index (κ1) is 22.6. The van der Waals surface area contributed by atoms with E-state index in [2.05, 4.69) is 22.3 Å². The van der Waals surface area contributed by atoms with Crippen molar-refractivity contribution in [1.82, 2.24) is 15.1 Å². The van der Waals surface area contributed by atoms with E-state index in [0.717, 1.165) is 70.5 Å². The van der Waals surface area contributed by atoms with Crippen LogP contribution in [0, 0.1) is 5.41 Å². The fourth-order valence-electron chi connectivity index (χ4n) is 4.74. The van der Waals surface area contributed by atoms with Crippen LogP contribution in [0.1, 0.15) is 51.5 Å². The maximum atomic E-state index is 13.1. The standard InChI is InChI=1S/C24H37N3O3/c1-3-27(4-2)22(28)19-26-16-13-24(14-17-26)12-8-7-10-20-9-5-6-11-21(20)30-18-15-25-23(24)29/h5-6,9,11H,3-4,7-8,10,12-19H2,1-2H3,(H,25,29). The topological polar surface area (TPSA) is 61.9 Å². The maximum absolute atomic E-state index is 13.1. The summed E-state index contributed by atoms with van der Waals surface area (Å²) in [5, 5.41) is 3.13. The van der Waals surface area contributed by atoms with Gasteiger partial charge in [0.05, 0.1) is 18.5 Å². The normalized spacial score (nSPS) is 20.3. The Hall–Kier alpha value is -2.08. The number of nitrogens with zero attached hydrogens (tertiary/aromatic N) is 2. The molecule has 2 heterocycles. The van der Waals surface area contributed by atoms with Gasteiger partial charge in [-0.05, 0) is 70.7 Å². The molecule has 1 saturated heterocycles. The molecular weight excluding hydrogens is 378 g/mol.